The van der Waals surface area contributed by atoms with Gasteiger partial charge in [0, 0.05) is 43.8 Å². The average molecular weight is 495 g/mol. The lowest BCUT2D eigenvalue weighted by Gasteiger charge is -2.28. The number of nitrogens with two attached hydrogens (primary N) is 1. The molecule has 1 aliphatic rings. The van der Waals surface area contributed by atoms with E-state index in [0.29, 0.717) is 60.9 Å². The fourth-order valence-electron chi connectivity index (χ4n) is 3.83. The Hall–Kier alpha value is -3.38. The second kappa shape index (κ2) is 10.7. The molecule has 0 bridgehead atoms. The fourth-order valence-corrected chi connectivity index (χ4v) is 4.46. The molecule has 0 spiro atoms. The number of nitriles is 1. The van der Waals surface area contributed by atoms with Crippen molar-refractivity contribution < 1.29 is 32.0 Å². The highest BCUT2D eigenvalue weighted by atomic mass is 32.2. The third kappa shape index (κ3) is 5.75. The van der Waals surface area contributed by atoms with Crippen molar-refractivity contribution in [3.05, 3.63) is 23.9 Å². The molecule has 0 aliphatic carbocycles. The first-order valence-corrected chi connectivity index (χ1v) is 11.7. The summed E-state index contributed by atoms with van der Waals surface area (Å²) in [4.78, 5) is 18.8. The molecule has 1 aromatic heterocycles. The van der Waals surface area contributed by atoms with E-state index in [-0.39, 0.29) is 0 Å². The molecule has 34 heavy (non-hydrogen) atoms. The predicted molar refractivity (Wildman–Crippen MR) is 122 cm³/mol. The number of aliphatic hydroxyl groups excluding tert-OH is 1. The largest absolute Gasteiger partial charge is 0.493 e. The standard InChI is InChI=1S/C20H26N6O7S/c1-31-16-8-14-15(9-17(16)32-2)23-11-13(10-21)19(14)26-5-3-4-25(6-7-26)18(27)12-24-34(29,30)33-20(22)28/h8-9,11,18,24,27H,3-7,12H2,1-2H3,(H2,22,28). The van der Waals surface area contributed by atoms with Gasteiger partial charge in [0.1, 0.15) is 12.3 Å². The van der Waals surface area contributed by atoms with Crippen molar-refractivity contribution in [1.82, 2.24) is 14.6 Å². The van der Waals surface area contributed by atoms with Gasteiger partial charge in [-0.2, -0.15) is 18.4 Å². The first-order valence-electron chi connectivity index (χ1n) is 10.3. The van der Waals surface area contributed by atoms with Gasteiger partial charge in [-0.25, -0.2) is 4.79 Å². The minimum atomic E-state index is -4.41. The van der Waals surface area contributed by atoms with Crippen molar-refractivity contribution >= 4 is 33.0 Å². The van der Waals surface area contributed by atoms with Crippen LogP contribution in [0.4, 0.5) is 10.5 Å². The topological polar surface area (TPSA) is 180 Å². The quantitative estimate of drug-likeness (QED) is 0.445. The van der Waals surface area contributed by atoms with Crippen molar-refractivity contribution in [1.29, 1.82) is 5.26 Å². The molecule has 1 saturated heterocycles. The second-order valence-corrected chi connectivity index (χ2v) is 8.78. The van der Waals surface area contributed by atoms with Crippen LogP contribution in [0, 0.1) is 11.3 Å². The van der Waals surface area contributed by atoms with Gasteiger partial charge in [-0.1, -0.05) is 0 Å². The molecule has 4 N–H and O–H groups in total. The van der Waals surface area contributed by atoms with Gasteiger partial charge in [0.15, 0.2) is 11.5 Å². The summed E-state index contributed by atoms with van der Waals surface area (Å²) in [6, 6.07) is 5.71. The third-order valence-electron chi connectivity index (χ3n) is 5.37. The number of fused-ring (bicyclic) bond motifs is 1. The Morgan fingerprint density at radius 1 is 1.26 bits per heavy atom. The number of carbonyl (C=O) groups excluding carboxylic acids is 1. The lowest BCUT2D eigenvalue weighted by Crippen LogP contribution is -2.46. The summed E-state index contributed by atoms with van der Waals surface area (Å²) in [6.45, 7) is 1.49. The Morgan fingerprint density at radius 3 is 2.62 bits per heavy atom. The van der Waals surface area contributed by atoms with E-state index in [2.05, 4.69) is 15.2 Å². The van der Waals surface area contributed by atoms with Crippen LogP contribution in [0.1, 0.15) is 12.0 Å². The molecule has 13 nitrogen and oxygen atoms in total. The van der Waals surface area contributed by atoms with E-state index in [1.165, 1.54) is 20.4 Å². The van der Waals surface area contributed by atoms with Gasteiger partial charge in [-0.05, 0) is 12.5 Å². The average Bonchev–Trinajstić information content (AvgIpc) is 3.06. The molecule has 1 atom stereocenters. The van der Waals surface area contributed by atoms with Crippen LogP contribution in [0.3, 0.4) is 0 Å². The molecule has 3 rings (SSSR count). The maximum absolute atomic E-state index is 11.6. The number of aromatic nitrogens is 1. The molecule has 0 radical (unpaired) electrons. The number of ether oxygens (including phenoxy) is 2. The molecule has 2 heterocycles. The number of nitrogens with one attached hydrogen (secondary N) is 1. The lowest BCUT2D eigenvalue weighted by atomic mass is 10.1. The summed E-state index contributed by atoms with van der Waals surface area (Å²) in [5.41, 5.74) is 6.44. The molecule has 0 saturated carbocycles. The van der Waals surface area contributed by atoms with E-state index in [1.807, 2.05) is 9.62 Å². The number of carbonyl (C=O) groups is 1. The number of anilines is 1. The number of hydrogen-bond donors (Lipinski definition) is 3. The van der Waals surface area contributed by atoms with E-state index in [0.717, 1.165) is 5.39 Å². The molecule has 1 fully saturated rings. The number of aliphatic hydroxyl groups is 1. The molecule has 1 aromatic carbocycles. The summed E-state index contributed by atoms with van der Waals surface area (Å²) >= 11 is 0. The number of amides is 1. The summed E-state index contributed by atoms with van der Waals surface area (Å²) in [5.74, 6) is 1.02. The monoisotopic (exact) mass is 494 g/mol. The SMILES string of the molecule is COc1cc2ncc(C#N)c(N3CCCN(C(O)CNS(=O)(=O)OC(N)=O)CC3)c2cc1OC. The van der Waals surface area contributed by atoms with E-state index < -0.39 is 29.2 Å². The summed E-state index contributed by atoms with van der Waals surface area (Å²) in [6.07, 6.45) is -0.502. The van der Waals surface area contributed by atoms with Crippen LogP contribution in [0.2, 0.25) is 0 Å². The van der Waals surface area contributed by atoms with Crippen LogP contribution in [0.15, 0.2) is 18.3 Å². The molecule has 2 aromatic rings. The summed E-state index contributed by atoms with van der Waals surface area (Å²) in [5, 5.41) is 20.9. The smallest absolute Gasteiger partial charge is 0.421 e. The van der Waals surface area contributed by atoms with Gasteiger partial charge in [0.25, 0.3) is 0 Å². The van der Waals surface area contributed by atoms with Crippen LogP contribution >= 0.6 is 0 Å². The van der Waals surface area contributed by atoms with Crippen molar-refractivity contribution in [3.8, 4) is 17.6 Å². The van der Waals surface area contributed by atoms with E-state index in [9.17, 15) is 23.6 Å². The molecular weight excluding hydrogens is 468 g/mol. The first kappa shape index (κ1) is 25.2. The van der Waals surface area contributed by atoms with Crippen molar-refractivity contribution in [3.63, 3.8) is 0 Å². The second-order valence-electron chi connectivity index (χ2n) is 7.42. The van der Waals surface area contributed by atoms with Crippen LogP contribution in [-0.2, 0) is 14.5 Å². The Kier molecular flexibility index (Phi) is 7.94. The zero-order chi connectivity index (χ0) is 24.9. The summed E-state index contributed by atoms with van der Waals surface area (Å²) in [7, 11) is -1.35. The Bertz CT molecular complexity index is 1200. The van der Waals surface area contributed by atoms with Crippen molar-refractivity contribution in [2.45, 2.75) is 12.6 Å². The molecule has 1 aliphatic heterocycles. The normalized spacial score (nSPS) is 15.9. The predicted octanol–water partition coefficient (Wildman–Crippen LogP) is -0.116. The minimum Gasteiger partial charge on any atom is -0.493 e. The first-order chi connectivity index (χ1) is 16.2. The van der Waals surface area contributed by atoms with Crippen LogP contribution in [0.25, 0.3) is 10.9 Å². The number of methoxy groups -OCH3 is 2. The molecular formula is C20H26N6O7S. The maximum Gasteiger partial charge on any atom is 0.421 e. The number of rotatable bonds is 8. The third-order valence-corrected chi connectivity index (χ3v) is 6.27. The van der Waals surface area contributed by atoms with E-state index in [1.54, 1.807) is 17.0 Å². The molecule has 1 unspecified atom stereocenters. The Morgan fingerprint density at radius 2 is 1.97 bits per heavy atom. The van der Waals surface area contributed by atoms with Crippen molar-refractivity contribution in [2.75, 3.05) is 51.8 Å². The lowest BCUT2D eigenvalue weighted by molar-refractivity contribution is 0.0127. The maximum atomic E-state index is 11.6. The highest BCUT2D eigenvalue weighted by Gasteiger charge is 2.25. The molecule has 184 valence electrons. The van der Waals surface area contributed by atoms with Gasteiger partial charge in [-0.15, -0.1) is 0 Å². The van der Waals surface area contributed by atoms with Gasteiger partial charge in [0.2, 0.25) is 0 Å². The number of benzene rings is 1. The van der Waals surface area contributed by atoms with Crippen LogP contribution in [-0.4, -0.2) is 82.7 Å². The number of nitrogens with zero attached hydrogens (tertiary/aromatic N) is 4. The van der Waals surface area contributed by atoms with E-state index in [4.69, 9.17) is 15.2 Å². The molecule has 1 amide bonds. The van der Waals surface area contributed by atoms with Crippen molar-refractivity contribution in [2.24, 2.45) is 5.73 Å². The number of pyridine rings is 1. The van der Waals surface area contributed by atoms with Gasteiger partial charge < -0.3 is 29.4 Å². The summed E-state index contributed by atoms with van der Waals surface area (Å²) < 4.78 is 39.9. The highest BCUT2D eigenvalue weighted by Crippen LogP contribution is 2.37. The van der Waals surface area contributed by atoms with Gasteiger partial charge >= 0.3 is 16.4 Å². The highest BCUT2D eigenvalue weighted by molar-refractivity contribution is 7.85. The fraction of sp³-hybridized carbons (Fsp3) is 0.450. The number of hydrogen-bond acceptors (Lipinski definition) is 11. The van der Waals surface area contributed by atoms with Crippen LogP contribution < -0.4 is 24.8 Å². The number of primary amides is 1. The van der Waals surface area contributed by atoms with Gasteiger partial charge in [-0.3, -0.25) is 9.88 Å². The van der Waals surface area contributed by atoms with Gasteiger partial charge in [0.05, 0.1) is 37.5 Å². The van der Waals surface area contributed by atoms with E-state index >= 15 is 0 Å². The Labute approximate surface area is 196 Å². The molecule has 14 heteroatoms. The van der Waals surface area contributed by atoms with Crippen LogP contribution in [0.5, 0.6) is 11.5 Å². The zero-order valence-electron chi connectivity index (χ0n) is 18.7. The Balaban J connectivity index is 1.81. The zero-order valence-corrected chi connectivity index (χ0v) is 19.5. The minimum absolute atomic E-state index is 0.377.